The molecule has 0 aromatic rings. The molecule has 0 aliphatic rings. The largest absolute Gasteiger partial charge is 2.00 e. The fraction of sp³-hybridized carbons (Fsp3) is 0.750. The van der Waals surface area contributed by atoms with Gasteiger partial charge in [0.1, 0.15) is 0 Å². The van der Waals surface area contributed by atoms with Crippen molar-refractivity contribution in [2.24, 2.45) is 0 Å². The second-order valence-electron chi connectivity index (χ2n) is 1.28. The van der Waals surface area contributed by atoms with E-state index in [9.17, 15) is 0 Å². The minimum Gasteiger partial charge on any atom is -0.652 e. The van der Waals surface area contributed by atoms with Crippen molar-refractivity contribution in [2.45, 2.75) is 13.0 Å². The van der Waals surface area contributed by atoms with Crippen LogP contribution in [0.25, 0.3) is 0 Å². The summed E-state index contributed by atoms with van der Waals surface area (Å²) in [6.07, 6.45) is -2.89. The van der Waals surface area contributed by atoms with Crippen LogP contribution in [0.15, 0.2) is 0 Å². The standard InChI is InChI=1S/C3H8O2.CH2O3.Ca/c1-3(5)2-4;2-1(3)4;/h3-5H,2H2,1H3;(H2,2,3,4);/q;;+2/p-2. The molecular weight excluding hydrogens is 168 g/mol. The number of carbonyl (C=O) groups is 1. The summed E-state index contributed by atoms with van der Waals surface area (Å²) in [6.45, 7) is 1.39. The zero-order chi connectivity index (χ0) is 7.86. The molecule has 56 valence electrons. The molecule has 0 aromatic heterocycles. The third-order valence-electron chi connectivity index (χ3n) is 0.264. The van der Waals surface area contributed by atoms with Crippen LogP contribution in [-0.2, 0) is 0 Å². The smallest absolute Gasteiger partial charge is 0.652 e. The van der Waals surface area contributed by atoms with Crippen LogP contribution in [0.2, 0.25) is 0 Å². The van der Waals surface area contributed by atoms with Crippen molar-refractivity contribution in [1.82, 2.24) is 0 Å². The van der Waals surface area contributed by atoms with Crippen molar-refractivity contribution >= 4 is 43.9 Å². The molecular formula is C4H8CaO5. The quantitative estimate of drug-likeness (QED) is 0.404. The first-order valence-electron chi connectivity index (χ1n) is 2.17. The Kier molecular flexibility index (Phi) is 20.4. The average molecular weight is 176 g/mol. The van der Waals surface area contributed by atoms with E-state index in [0.717, 1.165) is 0 Å². The molecule has 5 nitrogen and oxygen atoms in total. The zero-order valence-electron chi connectivity index (χ0n) is 5.61. The fourth-order valence-corrected chi connectivity index (χ4v) is 0. The van der Waals surface area contributed by atoms with Gasteiger partial charge in [-0.1, -0.05) is 0 Å². The van der Waals surface area contributed by atoms with Crippen molar-refractivity contribution in [3.63, 3.8) is 0 Å². The Hall–Kier alpha value is 0.450. The van der Waals surface area contributed by atoms with Crippen LogP contribution in [0, 0.1) is 0 Å². The normalized spacial score (nSPS) is 9.90. The number of hydrogen-bond donors (Lipinski definition) is 2. The Morgan fingerprint density at radius 1 is 1.60 bits per heavy atom. The molecule has 1 unspecified atom stereocenters. The van der Waals surface area contributed by atoms with Crippen molar-refractivity contribution in [3.8, 4) is 0 Å². The summed E-state index contributed by atoms with van der Waals surface area (Å²) < 4.78 is 0. The minimum absolute atomic E-state index is 0. The first-order valence-corrected chi connectivity index (χ1v) is 2.17. The third-order valence-corrected chi connectivity index (χ3v) is 0.264. The molecule has 0 rings (SSSR count). The number of rotatable bonds is 1. The van der Waals surface area contributed by atoms with E-state index in [1.165, 1.54) is 6.92 Å². The van der Waals surface area contributed by atoms with E-state index < -0.39 is 12.3 Å². The van der Waals surface area contributed by atoms with E-state index in [0.29, 0.717) is 0 Å². The van der Waals surface area contributed by atoms with Crippen LogP contribution >= 0.6 is 0 Å². The number of hydrogen-bond acceptors (Lipinski definition) is 5. The Labute approximate surface area is 88.3 Å². The molecule has 0 radical (unpaired) electrons. The molecule has 10 heavy (non-hydrogen) atoms. The zero-order valence-corrected chi connectivity index (χ0v) is 7.82. The molecule has 0 aliphatic heterocycles. The van der Waals surface area contributed by atoms with Gasteiger partial charge in [0.2, 0.25) is 0 Å². The van der Waals surface area contributed by atoms with Crippen LogP contribution < -0.4 is 10.2 Å². The maximum absolute atomic E-state index is 8.33. The van der Waals surface area contributed by atoms with E-state index in [1.54, 1.807) is 0 Å². The summed E-state index contributed by atoms with van der Waals surface area (Å²) in [5.41, 5.74) is 0. The van der Waals surface area contributed by atoms with Gasteiger partial charge in [0, 0.05) is 0 Å². The van der Waals surface area contributed by atoms with Gasteiger partial charge >= 0.3 is 37.7 Å². The molecule has 0 fully saturated rings. The van der Waals surface area contributed by atoms with Crippen molar-refractivity contribution in [3.05, 3.63) is 0 Å². The van der Waals surface area contributed by atoms with Crippen molar-refractivity contribution in [2.75, 3.05) is 6.61 Å². The van der Waals surface area contributed by atoms with E-state index >= 15 is 0 Å². The maximum Gasteiger partial charge on any atom is 2.00 e. The number of carboxylic acid groups (broad SMARTS) is 2. The van der Waals surface area contributed by atoms with Crippen LogP contribution in [-0.4, -0.2) is 66.8 Å². The Balaban J connectivity index is -0.0000000910. The van der Waals surface area contributed by atoms with Gasteiger partial charge in [-0.25, -0.2) is 0 Å². The number of carbonyl (C=O) groups excluding carboxylic acids is 1. The summed E-state index contributed by atoms with van der Waals surface area (Å²) in [5.74, 6) is 0. The Morgan fingerprint density at radius 2 is 1.70 bits per heavy atom. The third kappa shape index (κ3) is 78.1. The van der Waals surface area contributed by atoms with Crippen LogP contribution in [0.1, 0.15) is 6.92 Å². The summed E-state index contributed by atoms with van der Waals surface area (Å²) in [5, 5.41) is 32.7. The molecule has 0 bridgehead atoms. The SMILES string of the molecule is CC(O)CO.O=C([O-])[O-].[Ca+2]. The summed E-state index contributed by atoms with van der Waals surface area (Å²) in [6, 6.07) is 0. The Morgan fingerprint density at radius 3 is 1.70 bits per heavy atom. The minimum atomic E-state index is -2.33. The van der Waals surface area contributed by atoms with E-state index in [1.807, 2.05) is 0 Å². The second kappa shape index (κ2) is 12.2. The van der Waals surface area contributed by atoms with Crippen molar-refractivity contribution in [1.29, 1.82) is 0 Å². The van der Waals surface area contributed by atoms with Gasteiger partial charge in [-0.05, 0) is 13.1 Å². The fourth-order valence-electron chi connectivity index (χ4n) is 0. The molecule has 0 aromatic carbocycles. The molecule has 0 spiro atoms. The molecule has 2 N–H and O–H groups in total. The van der Waals surface area contributed by atoms with Gasteiger partial charge in [-0.15, -0.1) is 0 Å². The van der Waals surface area contributed by atoms with Crippen LogP contribution in [0.4, 0.5) is 4.79 Å². The first kappa shape index (κ1) is 16.8. The summed E-state index contributed by atoms with van der Waals surface area (Å²) >= 11 is 0. The summed E-state index contributed by atoms with van der Waals surface area (Å²) in [7, 11) is 0. The van der Waals surface area contributed by atoms with Crippen molar-refractivity contribution < 1.29 is 25.2 Å². The molecule has 0 aliphatic carbocycles. The van der Waals surface area contributed by atoms with E-state index in [2.05, 4.69) is 0 Å². The molecule has 0 amide bonds. The predicted octanol–water partition coefficient (Wildman–Crippen LogP) is -3.47. The topological polar surface area (TPSA) is 104 Å². The van der Waals surface area contributed by atoms with Crippen LogP contribution in [0.5, 0.6) is 0 Å². The van der Waals surface area contributed by atoms with E-state index in [4.69, 9.17) is 25.2 Å². The van der Waals surface area contributed by atoms with Crippen LogP contribution in [0.3, 0.4) is 0 Å². The van der Waals surface area contributed by atoms with Gasteiger partial charge in [-0.2, -0.15) is 0 Å². The monoisotopic (exact) mass is 176 g/mol. The second-order valence-corrected chi connectivity index (χ2v) is 1.28. The average Bonchev–Trinajstić information content (AvgIpc) is 1.65. The molecule has 6 heteroatoms. The predicted molar refractivity (Wildman–Crippen MR) is 29.9 cm³/mol. The number of aliphatic hydroxyl groups excluding tert-OH is 2. The molecule has 0 saturated heterocycles. The van der Waals surface area contributed by atoms with Gasteiger partial charge in [0.15, 0.2) is 0 Å². The Bertz CT molecular complexity index is 70.0. The molecule has 0 saturated carbocycles. The summed E-state index contributed by atoms with van der Waals surface area (Å²) in [4.78, 5) is 8.33. The maximum atomic E-state index is 8.33. The van der Waals surface area contributed by atoms with Gasteiger partial charge in [0.05, 0.1) is 12.7 Å². The molecule has 1 atom stereocenters. The van der Waals surface area contributed by atoms with Gasteiger partial charge in [-0.3, -0.25) is 0 Å². The first-order chi connectivity index (χ1) is 4.00. The van der Waals surface area contributed by atoms with Gasteiger partial charge in [0.25, 0.3) is 0 Å². The molecule has 0 heterocycles. The number of aliphatic hydroxyl groups is 2. The van der Waals surface area contributed by atoms with E-state index in [-0.39, 0.29) is 44.3 Å². The van der Waals surface area contributed by atoms with Gasteiger partial charge < -0.3 is 25.2 Å².